The van der Waals surface area contributed by atoms with Gasteiger partial charge in [0.1, 0.15) is 6.61 Å². The summed E-state index contributed by atoms with van der Waals surface area (Å²) in [5, 5.41) is 9.72. The van der Waals surface area contributed by atoms with Gasteiger partial charge in [-0.25, -0.2) is 0 Å². The van der Waals surface area contributed by atoms with Crippen molar-refractivity contribution in [1.82, 2.24) is 4.90 Å². The summed E-state index contributed by atoms with van der Waals surface area (Å²) in [5.41, 5.74) is 0. The molecular formula is C10H19NO3. The van der Waals surface area contributed by atoms with Gasteiger partial charge in [0.2, 0.25) is 5.91 Å². The molecule has 1 amide bonds. The van der Waals surface area contributed by atoms with E-state index in [0.29, 0.717) is 0 Å². The summed E-state index contributed by atoms with van der Waals surface area (Å²) in [6, 6.07) is -0.0219. The van der Waals surface area contributed by atoms with E-state index in [-0.39, 0.29) is 24.7 Å². The van der Waals surface area contributed by atoms with Crippen LogP contribution in [0, 0.1) is 0 Å². The molecule has 0 aromatic carbocycles. The Balaban J connectivity index is 2.48. The average Bonchev–Trinajstić information content (AvgIpc) is 2.18. The Labute approximate surface area is 84.8 Å². The quantitative estimate of drug-likeness (QED) is 0.719. The molecule has 14 heavy (non-hydrogen) atoms. The minimum absolute atomic E-state index is 0.0219. The van der Waals surface area contributed by atoms with Crippen LogP contribution in [-0.4, -0.2) is 48.8 Å². The maximum absolute atomic E-state index is 11.5. The van der Waals surface area contributed by atoms with E-state index in [1.165, 1.54) is 7.11 Å². The van der Waals surface area contributed by atoms with Crippen molar-refractivity contribution >= 4 is 5.91 Å². The Kier molecular flexibility index (Phi) is 4.35. The third-order valence-electron chi connectivity index (χ3n) is 2.85. The number of likely N-dealkylation sites (N-methyl/N-ethyl adjacent to an activating group) is 1. The molecule has 1 rings (SSSR count). The summed E-state index contributed by atoms with van der Waals surface area (Å²) in [6.45, 7) is 0.0969. The van der Waals surface area contributed by atoms with Crippen LogP contribution >= 0.6 is 0 Å². The first-order valence-corrected chi connectivity index (χ1v) is 5.09. The lowest BCUT2D eigenvalue weighted by molar-refractivity contribution is -0.139. The normalized spacial score (nSPS) is 27.4. The van der Waals surface area contributed by atoms with Crippen molar-refractivity contribution in [3.05, 3.63) is 0 Å². The summed E-state index contributed by atoms with van der Waals surface area (Å²) in [5.74, 6) is -0.0570. The van der Waals surface area contributed by atoms with Crippen LogP contribution in [0.1, 0.15) is 25.7 Å². The third-order valence-corrected chi connectivity index (χ3v) is 2.85. The first kappa shape index (κ1) is 11.5. The number of hydrogen-bond acceptors (Lipinski definition) is 3. The first-order valence-electron chi connectivity index (χ1n) is 5.09. The van der Waals surface area contributed by atoms with Gasteiger partial charge in [0.15, 0.2) is 0 Å². The minimum Gasteiger partial charge on any atom is -0.391 e. The van der Waals surface area contributed by atoms with Crippen LogP contribution in [0.15, 0.2) is 0 Å². The molecule has 4 heteroatoms. The maximum atomic E-state index is 11.5. The third kappa shape index (κ3) is 2.69. The number of hydrogen-bond donors (Lipinski definition) is 1. The Morgan fingerprint density at radius 3 is 2.71 bits per heavy atom. The number of ether oxygens (including phenoxy) is 1. The van der Waals surface area contributed by atoms with E-state index >= 15 is 0 Å². The number of rotatable bonds is 3. The molecule has 0 heterocycles. The van der Waals surface area contributed by atoms with E-state index in [4.69, 9.17) is 4.74 Å². The Bertz CT molecular complexity index is 196. The van der Waals surface area contributed by atoms with Gasteiger partial charge in [-0.1, -0.05) is 12.8 Å². The number of aliphatic hydroxyl groups is 1. The van der Waals surface area contributed by atoms with Crippen molar-refractivity contribution in [2.75, 3.05) is 20.8 Å². The highest BCUT2D eigenvalue weighted by Crippen LogP contribution is 2.22. The van der Waals surface area contributed by atoms with Gasteiger partial charge in [-0.2, -0.15) is 0 Å². The van der Waals surface area contributed by atoms with Crippen molar-refractivity contribution in [2.24, 2.45) is 0 Å². The molecular weight excluding hydrogens is 182 g/mol. The SMILES string of the molecule is COCC(=O)N(C)[C@@H]1CCCC[C@H]1O. The second-order valence-electron chi connectivity index (χ2n) is 3.86. The zero-order valence-electron chi connectivity index (χ0n) is 8.90. The van der Waals surface area contributed by atoms with Crippen LogP contribution in [0.25, 0.3) is 0 Å². The van der Waals surface area contributed by atoms with Gasteiger partial charge in [-0.05, 0) is 12.8 Å². The van der Waals surface area contributed by atoms with Crippen molar-refractivity contribution < 1.29 is 14.6 Å². The molecule has 1 fully saturated rings. The Hall–Kier alpha value is -0.610. The Morgan fingerprint density at radius 1 is 1.50 bits per heavy atom. The maximum Gasteiger partial charge on any atom is 0.248 e. The van der Waals surface area contributed by atoms with Gasteiger partial charge in [-0.3, -0.25) is 4.79 Å². The van der Waals surface area contributed by atoms with E-state index in [9.17, 15) is 9.90 Å². The van der Waals surface area contributed by atoms with Crippen LogP contribution in [0.4, 0.5) is 0 Å². The van der Waals surface area contributed by atoms with Crippen LogP contribution in [-0.2, 0) is 9.53 Å². The lowest BCUT2D eigenvalue weighted by Gasteiger charge is -2.35. The van der Waals surface area contributed by atoms with Crippen molar-refractivity contribution in [3.8, 4) is 0 Å². The molecule has 2 atom stereocenters. The molecule has 82 valence electrons. The lowest BCUT2D eigenvalue weighted by Crippen LogP contribution is -2.47. The minimum atomic E-state index is -0.366. The molecule has 0 saturated heterocycles. The largest absolute Gasteiger partial charge is 0.391 e. The molecule has 1 saturated carbocycles. The number of methoxy groups -OCH3 is 1. The first-order chi connectivity index (χ1) is 6.66. The second kappa shape index (κ2) is 5.32. The van der Waals surface area contributed by atoms with Crippen LogP contribution in [0.2, 0.25) is 0 Å². The fourth-order valence-electron chi connectivity index (χ4n) is 1.95. The summed E-state index contributed by atoms with van der Waals surface area (Å²) < 4.78 is 4.78. The Morgan fingerprint density at radius 2 is 2.14 bits per heavy atom. The molecule has 4 nitrogen and oxygen atoms in total. The van der Waals surface area contributed by atoms with Gasteiger partial charge in [0.05, 0.1) is 12.1 Å². The summed E-state index contributed by atoms with van der Waals surface area (Å²) in [4.78, 5) is 13.1. The number of carbonyl (C=O) groups excluding carboxylic acids is 1. The van der Waals surface area contributed by atoms with Gasteiger partial charge in [0.25, 0.3) is 0 Å². The predicted octanol–water partition coefficient (Wildman–Crippen LogP) is 0.395. The molecule has 0 aromatic rings. The fraction of sp³-hybridized carbons (Fsp3) is 0.900. The van der Waals surface area contributed by atoms with E-state index in [2.05, 4.69) is 0 Å². The van der Waals surface area contributed by atoms with E-state index in [0.717, 1.165) is 25.7 Å². The molecule has 0 spiro atoms. The highest BCUT2D eigenvalue weighted by Gasteiger charge is 2.28. The van der Waals surface area contributed by atoms with Gasteiger partial charge in [-0.15, -0.1) is 0 Å². The molecule has 1 N–H and O–H groups in total. The molecule has 1 aliphatic rings. The average molecular weight is 201 g/mol. The lowest BCUT2D eigenvalue weighted by atomic mass is 9.91. The molecule has 0 aliphatic heterocycles. The second-order valence-corrected chi connectivity index (χ2v) is 3.86. The predicted molar refractivity (Wildman–Crippen MR) is 52.9 cm³/mol. The highest BCUT2D eigenvalue weighted by molar-refractivity contribution is 5.77. The van der Waals surface area contributed by atoms with Crippen LogP contribution < -0.4 is 0 Å². The molecule has 0 radical (unpaired) electrons. The molecule has 0 bridgehead atoms. The number of aliphatic hydroxyl groups excluding tert-OH is 1. The van der Waals surface area contributed by atoms with Gasteiger partial charge < -0.3 is 14.7 Å². The number of nitrogens with zero attached hydrogens (tertiary/aromatic N) is 1. The highest BCUT2D eigenvalue weighted by atomic mass is 16.5. The van der Waals surface area contributed by atoms with Crippen LogP contribution in [0.3, 0.4) is 0 Å². The standard InChI is InChI=1S/C10H19NO3/c1-11(10(13)7-14-2)8-5-3-4-6-9(8)12/h8-9,12H,3-7H2,1-2H3/t8-,9-/m1/s1. The summed E-state index contributed by atoms with van der Waals surface area (Å²) in [7, 11) is 3.24. The van der Waals surface area contributed by atoms with E-state index in [1.807, 2.05) is 0 Å². The monoisotopic (exact) mass is 201 g/mol. The van der Waals surface area contributed by atoms with E-state index in [1.54, 1.807) is 11.9 Å². The topological polar surface area (TPSA) is 49.8 Å². The number of amides is 1. The van der Waals surface area contributed by atoms with Crippen molar-refractivity contribution in [1.29, 1.82) is 0 Å². The molecule has 0 unspecified atom stereocenters. The van der Waals surface area contributed by atoms with Gasteiger partial charge >= 0.3 is 0 Å². The van der Waals surface area contributed by atoms with Crippen molar-refractivity contribution in [3.63, 3.8) is 0 Å². The molecule has 1 aliphatic carbocycles. The number of carbonyl (C=O) groups is 1. The van der Waals surface area contributed by atoms with Crippen LogP contribution in [0.5, 0.6) is 0 Å². The smallest absolute Gasteiger partial charge is 0.248 e. The summed E-state index contributed by atoms with van der Waals surface area (Å²) in [6.07, 6.45) is 3.48. The van der Waals surface area contributed by atoms with Gasteiger partial charge in [0, 0.05) is 14.2 Å². The molecule has 0 aromatic heterocycles. The fourth-order valence-corrected chi connectivity index (χ4v) is 1.95. The van der Waals surface area contributed by atoms with E-state index < -0.39 is 0 Å². The summed E-state index contributed by atoms with van der Waals surface area (Å²) >= 11 is 0. The van der Waals surface area contributed by atoms with Crippen molar-refractivity contribution in [2.45, 2.75) is 37.8 Å². The zero-order valence-corrected chi connectivity index (χ0v) is 8.90. The zero-order chi connectivity index (χ0) is 10.6.